The quantitative estimate of drug-likeness (QED) is 0.765. The summed E-state index contributed by atoms with van der Waals surface area (Å²) in [5.41, 5.74) is 2.29. The van der Waals surface area contributed by atoms with E-state index in [1.54, 1.807) is 35.2 Å². The molecule has 1 heterocycles. The summed E-state index contributed by atoms with van der Waals surface area (Å²) in [6.07, 6.45) is -0.134. The molecule has 2 aromatic rings. The monoisotopic (exact) mass is 386 g/mol. The maximum absolute atomic E-state index is 12.3. The van der Waals surface area contributed by atoms with Crippen LogP contribution in [0, 0.1) is 0 Å². The van der Waals surface area contributed by atoms with Gasteiger partial charge in [0.25, 0.3) is 5.91 Å². The third-order valence-electron chi connectivity index (χ3n) is 4.49. The van der Waals surface area contributed by atoms with Crippen LogP contribution in [0.3, 0.4) is 0 Å². The summed E-state index contributed by atoms with van der Waals surface area (Å²) in [4.78, 5) is 37.4. The van der Waals surface area contributed by atoms with E-state index < -0.39 is 12.0 Å². The van der Waals surface area contributed by atoms with Gasteiger partial charge in [0.2, 0.25) is 5.91 Å². The maximum atomic E-state index is 12.3. The maximum Gasteiger partial charge on any atom is 0.305 e. The van der Waals surface area contributed by atoms with Gasteiger partial charge in [0, 0.05) is 30.1 Å². The molecule has 0 aliphatic carbocycles. The van der Waals surface area contributed by atoms with Gasteiger partial charge in [-0.15, -0.1) is 0 Å². The average molecular weight is 387 g/mol. The lowest BCUT2D eigenvalue weighted by Gasteiger charge is -2.19. The van der Waals surface area contributed by atoms with Crippen molar-refractivity contribution in [2.24, 2.45) is 0 Å². The van der Waals surface area contributed by atoms with Crippen molar-refractivity contribution in [3.63, 3.8) is 0 Å². The number of hydrogen-bond donors (Lipinski definition) is 2. The van der Waals surface area contributed by atoms with Crippen molar-refractivity contribution in [1.82, 2.24) is 10.2 Å². The number of carbonyl (C=O) groups is 3. The number of nitrogens with zero attached hydrogens (tertiary/aromatic N) is 1. The van der Waals surface area contributed by atoms with Gasteiger partial charge in [0.05, 0.1) is 12.5 Å². The molecule has 2 N–H and O–H groups in total. The number of nitrogens with one attached hydrogen (secondary N) is 1. The van der Waals surface area contributed by atoms with Gasteiger partial charge in [-0.25, -0.2) is 0 Å². The van der Waals surface area contributed by atoms with Crippen LogP contribution in [-0.2, 0) is 16.1 Å². The first-order valence-electron chi connectivity index (χ1n) is 8.58. The van der Waals surface area contributed by atoms with Crippen LogP contribution in [0.25, 0.3) is 0 Å². The van der Waals surface area contributed by atoms with Crippen molar-refractivity contribution in [3.05, 3.63) is 70.2 Å². The summed E-state index contributed by atoms with van der Waals surface area (Å²) >= 11 is 5.86. The smallest absolute Gasteiger partial charge is 0.305 e. The molecular formula is C20H19ClN2O4. The molecule has 0 bridgehead atoms. The van der Waals surface area contributed by atoms with Crippen molar-refractivity contribution in [2.45, 2.75) is 25.4 Å². The molecule has 7 heteroatoms. The molecule has 0 spiro atoms. The van der Waals surface area contributed by atoms with Gasteiger partial charge < -0.3 is 15.3 Å². The first kappa shape index (κ1) is 18.9. The molecule has 0 aromatic heterocycles. The summed E-state index contributed by atoms with van der Waals surface area (Å²) in [6.45, 7) is 0.762. The topological polar surface area (TPSA) is 86.7 Å². The molecule has 2 amide bonds. The van der Waals surface area contributed by atoms with E-state index >= 15 is 0 Å². The number of hydrogen-bond acceptors (Lipinski definition) is 3. The highest BCUT2D eigenvalue weighted by Crippen LogP contribution is 2.23. The Balaban J connectivity index is 1.59. The van der Waals surface area contributed by atoms with E-state index in [0.29, 0.717) is 22.7 Å². The highest BCUT2D eigenvalue weighted by molar-refractivity contribution is 6.30. The molecule has 0 fully saturated rings. The number of benzene rings is 2. The molecule has 0 saturated heterocycles. The second kappa shape index (κ2) is 8.22. The van der Waals surface area contributed by atoms with Crippen molar-refractivity contribution in [2.75, 3.05) is 6.54 Å². The Morgan fingerprint density at radius 2 is 1.85 bits per heavy atom. The first-order valence-corrected chi connectivity index (χ1v) is 8.95. The summed E-state index contributed by atoms with van der Waals surface area (Å²) in [5.74, 6) is -1.40. The second-order valence-electron chi connectivity index (χ2n) is 6.40. The zero-order valence-electron chi connectivity index (χ0n) is 14.5. The summed E-state index contributed by atoms with van der Waals surface area (Å²) < 4.78 is 0. The Hall–Kier alpha value is -2.86. The predicted molar refractivity (Wildman–Crippen MR) is 100 cm³/mol. The Labute approximate surface area is 161 Å². The van der Waals surface area contributed by atoms with Crippen LogP contribution in [0.15, 0.2) is 48.5 Å². The molecule has 140 valence electrons. The van der Waals surface area contributed by atoms with Crippen molar-refractivity contribution in [3.8, 4) is 0 Å². The van der Waals surface area contributed by atoms with Crippen LogP contribution in [0.5, 0.6) is 0 Å². The van der Waals surface area contributed by atoms with Gasteiger partial charge in [-0.2, -0.15) is 0 Å². The Bertz CT molecular complexity index is 867. The SMILES string of the molecule is O=C(O)CC(NC(=O)CCN1Cc2ccccc2C1=O)c1ccc(Cl)cc1. The number of amides is 2. The van der Waals surface area contributed by atoms with Gasteiger partial charge in [-0.1, -0.05) is 41.9 Å². The second-order valence-corrected chi connectivity index (χ2v) is 6.84. The van der Waals surface area contributed by atoms with Crippen LogP contribution in [0.1, 0.15) is 40.4 Å². The van der Waals surface area contributed by atoms with Crippen LogP contribution in [0.2, 0.25) is 5.02 Å². The highest BCUT2D eigenvalue weighted by Gasteiger charge is 2.27. The number of fused-ring (bicyclic) bond motifs is 1. The molecule has 0 saturated carbocycles. The fraction of sp³-hybridized carbons (Fsp3) is 0.250. The van der Waals surface area contributed by atoms with E-state index in [1.165, 1.54) is 0 Å². The van der Waals surface area contributed by atoms with Crippen molar-refractivity contribution < 1.29 is 19.5 Å². The molecule has 1 aliphatic heterocycles. The molecule has 3 rings (SSSR count). The third kappa shape index (κ3) is 4.65. The van der Waals surface area contributed by atoms with Crippen LogP contribution >= 0.6 is 11.6 Å². The van der Waals surface area contributed by atoms with E-state index in [9.17, 15) is 14.4 Å². The fourth-order valence-corrected chi connectivity index (χ4v) is 3.25. The fourth-order valence-electron chi connectivity index (χ4n) is 3.12. The Morgan fingerprint density at radius 3 is 2.52 bits per heavy atom. The van der Waals surface area contributed by atoms with E-state index in [1.807, 2.05) is 18.2 Å². The zero-order chi connectivity index (χ0) is 19.4. The highest BCUT2D eigenvalue weighted by atomic mass is 35.5. The molecular weight excluding hydrogens is 368 g/mol. The molecule has 1 unspecified atom stereocenters. The molecule has 1 atom stereocenters. The summed E-state index contributed by atoms with van der Waals surface area (Å²) in [5, 5.41) is 12.4. The molecule has 0 radical (unpaired) electrons. The Morgan fingerprint density at radius 1 is 1.15 bits per heavy atom. The van der Waals surface area contributed by atoms with Crippen LogP contribution < -0.4 is 5.32 Å². The number of rotatable bonds is 7. The number of carboxylic acids is 1. The number of halogens is 1. The van der Waals surface area contributed by atoms with E-state index in [-0.39, 0.29) is 31.2 Å². The summed E-state index contributed by atoms with van der Waals surface area (Å²) in [7, 11) is 0. The molecule has 6 nitrogen and oxygen atoms in total. The van der Waals surface area contributed by atoms with Crippen LogP contribution in [-0.4, -0.2) is 34.3 Å². The Kier molecular flexibility index (Phi) is 5.76. The minimum atomic E-state index is -1.01. The predicted octanol–water partition coefficient (Wildman–Crippen LogP) is 3.02. The van der Waals surface area contributed by atoms with Gasteiger partial charge in [0.1, 0.15) is 0 Å². The van der Waals surface area contributed by atoms with E-state index in [2.05, 4.69) is 5.32 Å². The lowest BCUT2D eigenvalue weighted by molar-refractivity contribution is -0.137. The number of carboxylic acid groups (broad SMARTS) is 1. The first-order chi connectivity index (χ1) is 12.9. The van der Waals surface area contributed by atoms with Gasteiger partial charge >= 0.3 is 5.97 Å². The normalized spacial score (nSPS) is 14.0. The standard InChI is InChI=1S/C20H19ClN2O4/c21-15-7-5-13(6-8-15)17(11-19(25)26)22-18(24)9-10-23-12-14-3-1-2-4-16(14)20(23)27/h1-8,17H,9-12H2,(H,22,24)(H,25,26). The number of aliphatic carboxylic acids is 1. The molecule has 27 heavy (non-hydrogen) atoms. The lowest BCUT2D eigenvalue weighted by Crippen LogP contribution is -2.34. The zero-order valence-corrected chi connectivity index (χ0v) is 15.3. The third-order valence-corrected chi connectivity index (χ3v) is 4.74. The summed E-state index contributed by atoms with van der Waals surface area (Å²) in [6, 6.07) is 13.4. The minimum absolute atomic E-state index is 0.0850. The molecule has 1 aliphatic rings. The van der Waals surface area contributed by atoms with Gasteiger partial charge in [-0.3, -0.25) is 14.4 Å². The van der Waals surface area contributed by atoms with Crippen LogP contribution in [0.4, 0.5) is 0 Å². The van der Waals surface area contributed by atoms with Gasteiger partial charge in [0.15, 0.2) is 0 Å². The largest absolute Gasteiger partial charge is 0.481 e. The van der Waals surface area contributed by atoms with Crippen molar-refractivity contribution >= 4 is 29.4 Å². The minimum Gasteiger partial charge on any atom is -0.481 e. The van der Waals surface area contributed by atoms with E-state index in [4.69, 9.17) is 16.7 Å². The number of carbonyl (C=O) groups excluding carboxylic acids is 2. The molecule has 2 aromatic carbocycles. The van der Waals surface area contributed by atoms with E-state index in [0.717, 1.165) is 5.56 Å². The average Bonchev–Trinajstić information content (AvgIpc) is 2.96. The lowest BCUT2D eigenvalue weighted by atomic mass is 10.0. The van der Waals surface area contributed by atoms with Gasteiger partial charge in [-0.05, 0) is 29.3 Å². The van der Waals surface area contributed by atoms with Crippen molar-refractivity contribution in [1.29, 1.82) is 0 Å².